The van der Waals surface area contributed by atoms with Crippen LogP contribution in [0.25, 0.3) is 0 Å². The molecule has 35 heavy (non-hydrogen) atoms. The number of esters is 1. The topological polar surface area (TPSA) is 187 Å². The van der Waals surface area contributed by atoms with Gasteiger partial charge in [0.15, 0.2) is 5.96 Å². The van der Waals surface area contributed by atoms with Crippen LogP contribution in [0.2, 0.25) is 0 Å². The summed E-state index contributed by atoms with van der Waals surface area (Å²) in [6.07, 6.45) is 3.77. The molecular weight excluding hydrogens is 456 g/mol. The number of benzene rings is 1. The van der Waals surface area contributed by atoms with Gasteiger partial charge in [-0.3, -0.25) is 19.4 Å². The number of methoxy groups -OCH3 is 1. The third kappa shape index (κ3) is 9.35. The van der Waals surface area contributed by atoms with E-state index >= 15 is 0 Å². The molecule has 7 N–H and O–H groups in total. The molecule has 190 valence electrons. The summed E-state index contributed by atoms with van der Waals surface area (Å²) in [6, 6.07) is 3.98. The Morgan fingerprint density at radius 1 is 1.17 bits per heavy atom. The van der Waals surface area contributed by atoms with E-state index in [0.717, 1.165) is 5.56 Å². The molecule has 3 amide bonds. The van der Waals surface area contributed by atoms with Crippen molar-refractivity contribution >= 4 is 29.7 Å². The number of rotatable bonds is 6. The fourth-order valence-corrected chi connectivity index (χ4v) is 3.36. The lowest BCUT2D eigenvalue weighted by Gasteiger charge is -2.24. The van der Waals surface area contributed by atoms with Crippen molar-refractivity contribution in [2.45, 2.75) is 44.3 Å². The van der Waals surface area contributed by atoms with Crippen LogP contribution in [-0.2, 0) is 30.3 Å². The van der Waals surface area contributed by atoms with Gasteiger partial charge in [0.2, 0.25) is 17.7 Å². The summed E-state index contributed by atoms with van der Waals surface area (Å²) in [7, 11) is 1.20. The number of nitrogens with zero attached hydrogens (tertiary/aromatic N) is 1. The molecule has 0 fully saturated rings. The molecule has 0 saturated heterocycles. The van der Waals surface area contributed by atoms with Crippen molar-refractivity contribution in [2.75, 3.05) is 20.3 Å². The fourth-order valence-electron chi connectivity index (χ4n) is 3.36. The van der Waals surface area contributed by atoms with Crippen molar-refractivity contribution in [3.8, 4) is 5.75 Å². The Hall–Kier alpha value is -4.09. The molecule has 0 aromatic heterocycles. The lowest BCUT2D eigenvalue weighted by molar-refractivity contribution is -0.144. The van der Waals surface area contributed by atoms with Crippen molar-refractivity contribution < 1.29 is 28.7 Å². The Balaban J connectivity index is 2.35. The maximum atomic E-state index is 13.1. The highest BCUT2D eigenvalue weighted by molar-refractivity contribution is 5.93. The quantitative estimate of drug-likeness (QED) is 0.109. The Kier molecular flexibility index (Phi) is 10.5. The van der Waals surface area contributed by atoms with E-state index in [0.29, 0.717) is 12.2 Å². The van der Waals surface area contributed by atoms with E-state index in [2.05, 4.69) is 20.9 Å². The smallest absolute Gasteiger partial charge is 0.332 e. The van der Waals surface area contributed by atoms with E-state index in [-0.39, 0.29) is 32.0 Å². The lowest BCUT2D eigenvalue weighted by atomic mass is 10.0. The second-order valence-corrected chi connectivity index (χ2v) is 7.86. The molecule has 12 heteroatoms. The molecule has 0 unspecified atom stereocenters. The summed E-state index contributed by atoms with van der Waals surface area (Å²) in [5, 5.41) is 7.88. The van der Waals surface area contributed by atoms with Gasteiger partial charge in [0.25, 0.3) is 0 Å². The van der Waals surface area contributed by atoms with Gasteiger partial charge in [0.05, 0.1) is 7.11 Å². The summed E-state index contributed by atoms with van der Waals surface area (Å²) < 4.78 is 10.4. The van der Waals surface area contributed by atoms with E-state index in [1.165, 1.54) is 20.1 Å². The summed E-state index contributed by atoms with van der Waals surface area (Å²) in [4.78, 5) is 54.0. The normalized spacial score (nSPS) is 21.6. The number of nitrogens with two attached hydrogens (primary N) is 2. The van der Waals surface area contributed by atoms with Crippen LogP contribution < -0.4 is 32.2 Å². The number of carbonyl (C=O) groups is 4. The Morgan fingerprint density at radius 2 is 1.89 bits per heavy atom. The van der Waals surface area contributed by atoms with Crippen molar-refractivity contribution in [3.05, 3.63) is 42.0 Å². The number of ether oxygens (including phenoxy) is 2. The first-order valence-electron chi connectivity index (χ1n) is 11.1. The number of hydrogen-bond donors (Lipinski definition) is 5. The minimum atomic E-state index is -1.10. The first-order chi connectivity index (χ1) is 16.7. The molecular formula is C23H32N6O6. The summed E-state index contributed by atoms with van der Waals surface area (Å²) >= 11 is 0. The Labute approximate surface area is 203 Å². The first kappa shape index (κ1) is 27.2. The number of aliphatic imine (C=N–C) groups is 1. The standard InChI is InChI=1S/C23H32N6O6/c1-14(30)27-19-13-15-7-9-16(10-8-15)35-12-4-6-18(22(33)34-2)29-20(31)17(28-21(19)32)5-3-11-26-23(24)25/h4,6-10,17-19H,3,5,11-13H2,1-2H3,(H,27,30)(H,28,32)(H,29,31)(H4,24,25,26)/b6-4+/t17-,18-,19-/m1/s1. The van der Waals surface area contributed by atoms with Crippen LogP contribution in [0.1, 0.15) is 25.3 Å². The fraction of sp³-hybridized carbons (Fsp3) is 0.435. The molecule has 2 heterocycles. The summed E-state index contributed by atoms with van der Waals surface area (Å²) in [6.45, 7) is 1.69. The van der Waals surface area contributed by atoms with E-state index in [1.54, 1.807) is 30.3 Å². The zero-order valence-electron chi connectivity index (χ0n) is 19.8. The highest BCUT2D eigenvalue weighted by Crippen LogP contribution is 2.14. The van der Waals surface area contributed by atoms with E-state index in [4.69, 9.17) is 20.9 Å². The van der Waals surface area contributed by atoms with Crippen LogP contribution in [0.5, 0.6) is 5.75 Å². The van der Waals surface area contributed by atoms with Crippen LogP contribution in [0, 0.1) is 0 Å². The predicted octanol–water partition coefficient (Wildman–Crippen LogP) is -1.12. The zero-order valence-corrected chi connectivity index (χ0v) is 19.8. The zero-order chi connectivity index (χ0) is 25.8. The molecule has 2 bridgehead atoms. The second kappa shape index (κ2) is 13.6. The van der Waals surface area contributed by atoms with Gasteiger partial charge >= 0.3 is 5.97 Å². The van der Waals surface area contributed by atoms with Gasteiger partial charge in [-0.2, -0.15) is 0 Å². The van der Waals surface area contributed by atoms with Crippen LogP contribution in [0.15, 0.2) is 41.4 Å². The maximum absolute atomic E-state index is 13.1. The van der Waals surface area contributed by atoms with Crippen molar-refractivity contribution in [1.82, 2.24) is 16.0 Å². The molecule has 1 aromatic rings. The molecule has 2 aliphatic heterocycles. The van der Waals surface area contributed by atoms with E-state index < -0.39 is 41.8 Å². The summed E-state index contributed by atoms with van der Waals surface area (Å²) in [5.41, 5.74) is 11.5. The van der Waals surface area contributed by atoms with E-state index in [1.807, 2.05) is 0 Å². The van der Waals surface area contributed by atoms with Gasteiger partial charge in [-0.15, -0.1) is 0 Å². The molecule has 1 aromatic carbocycles. The first-order valence-corrected chi connectivity index (χ1v) is 11.1. The predicted molar refractivity (Wildman–Crippen MR) is 128 cm³/mol. The number of nitrogens with one attached hydrogen (secondary N) is 3. The molecule has 3 rings (SSSR count). The number of hydrogen-bond acceptors (Lipinski definition) is 7. The van der Waals surface area contributed by atoms with Gasteiger partial charge in [0.1, 0.15) is 30.5 Å². The molecule has 3 atom stereocenters. The number of fused-ring (bicyclic) bond motifs is 12. The van der Waals surface area contributed by atoms with Gasteiger partial charge in [-0.25, -0.2) is 4.79 Å². The number of carbonyl (C=O) groups excluding carboxylic acids is 4. The van der Waals surface area contributed by atoms with Crippen molar-refractivity contribution in [2.24, 2.45) is 16.5 Å². The average Bonchev–Trinajstić information content (AvgIpc) is 2.81. The minimum Gasteiger partial charge on any atom is -0.490 e. The van der Waals surface area contributed by atoms with Gasteiger partial charge < -0.3 is 36.9 Å². The van der Waals surface area contributed by atoms with E-state index in [9.17, 15) is 19.2 Å². The number of amides is 3. The third-order valence-electron chi connectivity index (χ3n) is 5.06. The second-order valence-electron chi connectivity index (χ2n) is 7.86. The van der Waals surface area contributed by atoms with Crippen LogP contribution in [0.3, 0.4) is 0 Å². The SMILES string of the molecule is COC(=O)[C@H]1/C=C/COc2ccc(cc2)C[C@@H](NC(C)=O)C(=O)N[C@H](CCCN=C(N)N)C(=O)N1. The molecule has 2 aliphatic rings. The third-order valence-corrected chi connectivity index (χ3v) is 5.06. The summed E-state index contributed by atoms with van der Waals surface area (Å²) in [5.74, 6) is -1.77. The monoisotopic (exact) mass is 488 g/mol. The molecule has 12 nitrogen and oxygen atoms in total. The van der Waals surface area contributed by atoms with Crippen LogP contribution >= 0.6 is 0 Å². The lowest BCUT2D eigenvalue weighted by Crippen LogP contribution is -2.56. The molecule has 0 radical (unpaired) electrons. The highest BCUT2D eigenvalue weighted by atomic mass is 16.5. The van der Waals surface area contributed by atoms with Gasteiger partial charge in [-0.1, -0.05) is 18.2 Å². The molecule has 0 aliphatic carbocycles. The Bertz CT molecular complexity index is 958. The van der Waals surface area contributed by atoms with Crippen LogP contribution in [-0.4, -0.2) is 68.0 Å². The minimum absolute atomic E-state index is 0.0914. The van der Waals surface area contributed by atoms with Gasteiger partial charge in [-0.05, 0) is 36.6 Å². The maximum Gasteiger partial charge on any atom is 0.332 e. The molecule has 0 spiro atoms. The van der Waals surface area contributed by atoms with Crippen LogP contribution in [0.4, 0.5) is 0 Å². The van der Waals surface area contributed by atoms with Crippen molar-refractivity contribution in [3.63, 3.8) is 0 Å². The number of guanidine groups is 1. The van der Waals surface area contributed by atoms with Gasteiger partial charge in [0, 0.05) is 19.9 Å². The Morgan fingerprint density at radius 3 is 2.51 bits per heavy atom. The largest absolute Gasteiger partial charge is 0.490 e. The van der Waals surface area contributed by atoms with Crippen molar-refractivity contribution in [1.29, 1.82) is 0 Å². The molecule has 0 saturated carbocycles. The highest BCUT2D eigenvalue weighted by Gasteiger charge is 2.29. The average molecular weight is 489 g/mol.